The van der Waals surface area contributed by atoms with Crippen LogP contribution in [-0.4, -0.2) is 28.5 Å². The fourth-order valence-electron chi connectivity index (χ4n) is 3.21. The highest BCUT2D eigenvalue weighted by atomic mass is 16.5. The predicted molar refractivity (Wildman–Crippen MR) is 125 cm³/mol. The molecule has 1 amide bonds. The number of methoxy groups -OCH3 is 1. The molecule has 9 nitrogen and oxygen atoms in total. The third-order valence-corrected chi connectivity index (χ3v) is 4.80. The van der Waals surface area contributed by atoms with Crippen molar-refractivity contribution in [3.63, 3.8) is 0 Å². The molecule has 172 valence electrons. The van der Waals surface area contributed by atoms with Gasteiger partial charge < -0.3 is 19.3 Å². The first-order valence-corrected chi connectivity index (χ1v) is 10.3. The van der Waals surface area contributed by atoms with Crippen LogP contribution < -0.4 is 15.6 Å². The molecule has 4 rings (SSSR count). The molecular formula is C25H21N3O6. The lowest BCUT2D eigenvalue weighted by molar-refractivity contribution is -0.111. The Bertz CT molecular complexity index is 1440. The maximum Gasteiger partial charge on any atom is 0.338 e. The molecule has 1 N–H and O–H groups in total. The van der Waals surface area contributed by atoms with Gasteiger partial charge in [0.2, 0.25) is 5.91 Å². The number of esters is 1. The van der Waals surface area contributed by atoms with Crippen molar-refractivity contribution >= 4 is 29.3 Å². The van der Waals surface area contributed by atoms with Crippen molar-refractivity contribution in [2.75, 3.05) is 12.4 Å². The summed E-state index contributed by atoms with van der Waals surface area (Å²) < 4.78 is 16.9. The van der Waals surface area contributed by atoms with Crippen LogP contribution in [0.4, 0.5) is 5.69 Å². The molecule has 0 aliphatic carbocycles. The number of hydrogen-bond acceptors (Lipinski definition) is 7. The van der Waals surface area contributed by atoms with Gasteiger partial charge in [-0.15, -0.1) is 4.57 Å². The number of nitrogens with zero attached hydrogens (tertiary/aromatic N) is 2. The fraction of sp³-hybridized carbons (Fsp3) is 0.120. The Morgan fingerprint density at radius 2 is 1.91 bits per heavy atom. The molecule has 0 spiro atoms. The van der Waals surface area contributed by atoms with Gasteiger partial charge in [0.25, 0.3) is 5.56 Å². The molecule has 0 bridgehead atoms. The number of aryl methyl sites for hydroxylation is 1. The van der Waals surface area contributed by atoms with Gasteiger partial charge >= 0.3 is 5.97 Å². The van der Waals surface area contributed by atoms with Crippen LogP contribution in [0.2, 0.25) is 0 Å². The number of fused-ring (bicyclic) bond motifs is 1. The van der Waals surface area contributed by atoms with Crippen LogP contribution in [0.25, 0.3) is 11.7 Å². The van der Waals surface area contributed by atoms with Crippen LogP contribution >= 0.6 is 0 Å². The number of carbonyl (C=O) groups is 2. The molecule has 0 radical (unpaired) electrons. The van der Waals surface area contributed by atoms with E-state index < -0.39 is 11.5 Å². The van der Waals surface area contributed by atoms with Crippen LogP contribution in [0, 0.1) is 6.92 Å². The molecule has 34 heavy (non-hydrogen) atoms. The van der Waals surface area contributed by atoms with Gasteiger partial charge in [0.15, 0.2) is 5.65 Å². The van der Waals surface area contributed by atoms with E-state index >= 15 is 0 Å². The average molecular weight is 459 g/mol. The Kier molecular flexibility index (Phi) is 6.54. The van der Waals surface area contributed by atoms with E-state index in [0.717, 1.165) is 10.1 Å². The van der Waals surface area contributed by atoms with E-state index in [1.54, 1.807) is 25.1 Å². The summed E-state index contributed by atoms with van der Waals surface area (Å²) in [5, 5.41) is 2.71. The Labute approximate surface area is 194 Å². The number of amides is 1. The Morgan fingerprint density at radius 3 is 2.68 bits per heavy atom. The van der Waals surface area contributed by atoms with Crippen LogP contribution in [0.15, 0.2) is 76.1 Å². The summed E-state index contributed by atoms with van der Waals surface area (Å²) >= 11 is 0. The van der Waals surface area contributed by atoms with Gasteiger partial charge in [-0.05, 0) is 36.8 Å². The average Bonchev–Trinajstić information content (AvgIpc) is 3.22. The van der Waals surface area contributed by atoms with Crippen molar-refractivity contribution in [3.05, 3.63) is 99.7 Å². The zero-order chi connectivity index (χ0) is 24.1. The zero-order valence-electron chi connectivity index (χ0n) is 18.5. The van der Waals surface area contributed by atoms with Gasteiger partial charge in [-0.25, -0.2) is 9.78 Å². The van der Waals surface area contributed by atoms with E-state index in [9.17, 15) is 14.4 Å². The highest BCUT2D eigenvalue weighted by Crippen LogP contribution is 2.26. The first-order chi connectivity index (χ1) is 16.4. The summed E-state index contributed by atoms with van der Waals surface area (Å²) in [7, 11) is 1.46. The minimum absolute atomic E-state index is 0.195. The maximum atomic E-state index is 12.6. The number of hydrogen-bond donors (Lipinski definition) is 1. The first-order valence-electron chi connectivity index (χ1n) is 10.3. The molecule has 9 heteroatoms. The molecule has 0 atom stereocenters. The first kappa shape index (κ1) is 22.5. The minimum Gasteiger partial charge on any atom is -0.495 e. The summed E-state index contributed by atoms with van der Waals surface area (Å²) in [5.74, 6) is -0.122. The molecule has 4 aromatic rings. The number of nitrogens with one attached hydrogen (secondary N) is 1. The lowest BCUT2D eigenvalue weighted by Gasteiger charge is -2.11. The van der Waals surface area contributed by atoms with Crippen LogP contribution in [-0.2, 0) is 16.1 Å². The number of rotatable bonds is 7. The van der Waals surface area contributed by atoms with Crippen LogP contribution in [0.5, 0.6) is 5.75 Å². The standard InChI is InChI=1S/C25H21N3O6/c1-16-12-22-26-19(14-24(30)28(22)34-16)15-33-25(31)18-9-10-21(32-2)20(13-18)27-23(29)11-8-17-6-4-3-5-7-17/h3-14H,15H2,1-2H3,(H,27,29)/b11-8+. The van der Waals surface area contributed by atoms with Crippen molar-refractivity contribution in [3.8, 4) is 5.75 Å². The van der Waals surface area contributed by atoms with Gasteiger partial charge in [0.05, 0.1) is 24.1 Å². The summed E-state index contributed by atoms with van der Waals surface area (Å²) in [5.41, 5.74) is 1.58. The lowest BCUT2D eigenvalue weighted by Crippen LogP contribution is -2.15. The van der Waals surface area contributed by atoms with Crippen LogP contribution in [0.1, 0.15) is 27.4 Å². The molecule has 2 heterocycles. The Hall–Kier alpha value is -4.66. The summed E-state index contributed by atoms with van der Waals surface area (Å²) in [6.07, 6.45) is 3.06. The number of aromatic nitrogens is 2. The van der Waals surface area contributed by atoms with Gasteiger partial charge in [-0.1, -0.05) is 30.3 Å². The minimum atomic E-state index is -0.650. The van der Waals surface area contributed by atoms with Crippen molar-refractivity contribution in [1.82, 2.24) is 9.56 Å². The van der Waals surface area contributed by atoms with E-state index in [1.165, 1.54) is 31.4 Å². The predicted octanol–water partition coefficient (Wildman–Crippen LogP) is 3.61. The number of benzene rings is 2. The smallest absolute Gasteiger partial charge is 0.338 e. The van der Waals surface area contributed by atoms with Gasteiger partial charge in [0, 0.05) is 18.2 Å². The molecule has 0 fully saturated rings. The third kappa shape index (κ3) is 5.21. The Morgan fingerprint density at radius 1 is 1.12 bits per heavy atom. The van der Waals surface area contributed by atoms with Gasteiger partial charge in [0.1, 0.15) is 18.1 Å². The molecule has 0 saturated carbocycles. The van der Waals surface area contributed by atoms with Gasteiger partial charge in [-0.2, -0.15) is 0 Å². The topological polar surface area (TPSA) is 112 Å². The molecule has 0 aliphatic rings. The SMILES string of the molecule is COc1ccc(C(=O)OCc2cc(=O)n3oc(C)cc3n2)cc1NC(=O)/C=C/c1ccccc1. The summed E-state index contributed by atoms with van der Waals surface area (Å²) in [4.78, 5) is 41.3. The Balaban J connectivity index is 1.46. The normalized spacial score (nSPS) is 11.0. The van der Waals surface area contributed by atoms with E-state index in [0.29, 0.717) is 22.8 Å². The van der Waals surface area contributed by atoms with Crippen LogP contribution in [0.3, 0.4) is 0 Å². The van der Waals surface area contributed by atoms with Crippen molar-refractivity contribution in [1.29, 1.82) is 0 Å². The highest BCUT2D eigenvalue weighted by molar-refractivity contribution is 6.03. The van der Waals surface area contributed by atoms with E-state index in [1.807, 2.05) is 30.3 Å². The summed E-state index contributed by atoms with van der Waals surface area (Å²) in [6.45, 7) is 1.49. The molecule has 0 aliphatic heterocycles. The zero-order valence-corrected chi connectivity index (χ0v) is 18.5. The second kappa shape index (κ2) is 9.86. The molecule has 0 unspecified atom stereocenters. The lowest BCUT2D eigenvalue weighted by atomic mass is 10.1. The van der Waals surface area contributed by atoms with Crippen molar-refractivity contribution < 1.29 is 23.6 Å². The summed E-state index contributed by atoms with van der Waals surface area (Å²) in [6, 6.07) is 16.7. The number of ether oxygens (including phenoxy) is 2. The maximum absolute atomic E-state index is 12.6. The van der Waals surface area contributed by atoms with E-state index in [-0.39, 0.29) is 23.8 Å². The molecular weight excluding hydrogens is 438 g/mol. The third-order valence-electron chi connectivity index (χ3n) is 4.80. The fourth-order valence-corrected chi connectivity index (χ4v) is 3.21. The highest BCUT2D eigenvalue weighted by Gasteiger charge is 2.14. The van der Waals surface area contributed by atoms with Crippen molar-refractivity contribution in [2.45, 2.75) is 13.5 Å². The second-order valence-electron chi connectivity index (χ2n) is 7.31. The van der Waals surface area contributed by atoms with E-state index in [4.69, 9.17) is 14.0 Å². The number of anilines is 1. The second-order valence-corrected chi connectivity index (χ2v) is 7.31. The largest absolute Gasteiger partial charge is 0.495 e. The number of carbonyl (C=O) groups excluding carboxylic acids is 2. The van der Waals surface area contributed by atoms with E-state index in [2.05, 4.69) is 10.3 Å². The molecule has 0 saturated heterocycles. The molecule has 2 aromatic heterocycles. The molecule has 2 aromatic carbocycles. The monoisotopic (exact) mass is 459 g/mol. The van der Waals surface area contributed by atoms with Crippen molar-refractivity contribution in [2.24, 2.45) is 0 Å². The quantitative estimate of drug-likeness (QED) is 0.332. The van der Waals surface area contributed by atoms with Gasteiger partial charge in [-0.3, -0.25) is 9.59 Å².